The lowest BCUT2D eigenvalue weighted by atomic mass is 10.00. The van der Waals surface area contributed by atoms with Gasteiger partial charge in [0.25, 0.3) is 5.56 Å². The van der Waals surface area contributed by atoms with Crippen molar-refractivity contribution in [2.75, 3.05) is 5.32 Å². The molecule has 5 aromatic rings. The number of fused-ring (bicyclic) bond motifs is 2. The molecule has 5 nitrogen and oxygen atoms in total. The summed E-state index contributed by atoms with van der Waals surface area (Å²) in [5.41, 5.74) is 5.13. The molecule has 0 aliphatic rings. The molecule has 0 fully saturated rings. The van der Waals surface area contributed by atoms with E-state index in [1.165, 1.54) is 5.56 Å². The summed E-state index contributed by atoms with van der Waals surface area (Å²) in [5, 5.41) is 5.98. The topological polar surface area (TPSA) is 70.7 Å². The zero-order chi connectivity index (χ0) is 20.7. The highest BCUT2D eigenvalue weighted by Gasteiger charge is 2.12. The smallest absolute Gasteiger partial charge is 0.262 e. The van der Waals surface area contributed by atoms with Gasteiger partial charge in [-0.05, 0) is 59.5 Å². The van der Waals surface area contributed by atoms with Gasteiger partial charge in [-0.1, -0.05) is 54.1 Å². The zero-order valence-corrected chi connectivity index (χ0v) is 16.7. The summed E-state index contributed by atoms with van der Waals surface area (Å²) in [6, 6.07) is 22.3. The van der Waals surface area contributed by atoms with E-state index in [4.69, 9.17) is 0 Å². The van der Waals surface area contributed by atoms with Crippen molar-refractivity contribution in [3.8, 4) is 11.1 Å². The third-order valence-corrected chi connectivity index (χ3v) is 5.30. The van der Waals surface area contributed by atoms with E-state index < -0.39 is 0 Å². The minimum Gasteiger partial charge on any atom is -0.325 e. The lowest BCUT2D eigenvalue weighted by molar-refractivity contribution is 1.14. The van der Waals surface area contributed by atoms with Gasteiger partial charge in [0.05, 0.1) is 5.39 Å². The fraction of sp³-hybridized carbons (Fsp3) is 0.0800. The van der Waals surface area contributed by atoms with E-state index in [0.717, 1.165) is 33.2 Å². The Kier molecular flexibility index (Phi) is 4.29. The monoisotopic (exact) mass is 392 g/mol. The number of aryl methyl sites for hydroxylation is 2. The first-order valence-corrected chi connectivity index (χ1v) is 9.81. The molecule has 0 amide bonds. The first-order chi connectivity index (χ1) is 14.6. The Bertz CT molecular complexity index is 1470. The van der Waals surface area contributed by atoms with Crippen molar-refractivity contribution in [1.82, 2.24) is 15.0 Å². The second kappa shape index (κ2) is 7.12. The van der Waals surface area contributed by atoms with Gasteiger partial charge in [-0.25, -0.2) is 4.98 Å². The normalized spacial score (nSPS) is 11.1. The first-order valence-electron chi connectivity index (χ1n) is 9.81. The highest BCUT2D eigenvalue weighted by atomic mass is 16.1. The molecule has 146 valence electrons. The number of anilines is 2. The number of benzene rings is 3. The van der Waals surface area contributed by atoms with E-state index in [0.29, 0.717) is 17.0 Å². The summed E-state index contributed by atoms with van der Waals surface area (Å²) in [6.45, 7) is 4.07. The standard InChI is InChI=1S/C25H20N4O/c1-15-7-10-21(16(2)13-15)27-25-28-23-22(24(30)29-25)20(11-12-26-23)19-9-8-17-5-3-4-6-18(17)14-19/h3-14H,1-2H3,(H2,26,27,28,29,30). The molecular weight excluding hydrogens is 372 g/mol. The molecule has 0 aliphatic carbocycles. The Labute approximate surface area is 173 Å². The summed E-state index contributed by atoms with van der Waals surface area (Å²) in [5.74, 6) is 0.377. The number of hydrogen-bond donors (Lipinski definition) is 2. The number of pyridine rings is 1. The van der Waals surface area contributed by atoms with Crippen LogP contribution in [0, 0.1) is 13.8 Å². The van der Waals surface area contributed by atoms with Gasteiger partial charge in [0, 0.05) is 11.9 Å². The summed E-state index contributed by atoms with van der Waals surface area (Å²) >= 11 is 0. The van der Waals surface area contributed by atoms with E-state index in [1.54, 1.807) is 6.20 Å². The predicted molar refractivity (Wildman–Crippen MR) is 122 cm³/mol. The van der Waals surface area contributed by atoms with Crippen molar-refractivity contribution in [3.05, 3.63) is 94.4 Å². The highest BCUT2D eigenvalue weighted by Crippen LogP contribution is 2.28. The number of hydrogen-bond acceptors (Lipinski definition) is 4. The fourth-order valence-corrected chi connectivity index (χ4v) is 3.80. The molecule has 0 saturated heterocycles. The third-order valence-electron chi connectivity index (χ3n) is 5.30. The Morgan fingerprint density at radius 3 is 2.57 bits per heavy atom. The Balaban J connectivity index is 1.62. The van der Waals surface area contributed by atoms with Crippen LogP contribution in [0.5, 0.6) is 0 Å². The molecule has 0 aliphatic heterocycles. The number of rotatable bonds is 3. The second-order valence-electron chi connectivity index (χ2n) is 7.48. The third kappa shape index (κ3) is 3.20. The maximum absolute atomic E-state index is 13.0. The molecule has 0 radical (unpaired) electrons. The van der Waals surface area contributed by atoms with Gasteiger partial charge in [-0.3, -0.25) is 9.78 Å². The van der Waals surface area contributed by atoms with Crippen LogP contribution in [0.4, 0.5) is 11.6 Å². The quantitative estimate of drug-likeness (QED) is 0.425. The summed E-state index contributed by atoms with van der Waals surface area (Å²) < 4.78 is 0. The highest BCUT2D eigenvalue weighted by molar-refractivity contribution is 5.96. The van der Waals surface area contributed by atoms with Crippen molar-refractivity contribution in [2.45, 2.75) is 13.8 Å². The molecule has 2 N–H and O–H groups in total. The van der Waals surface area contributed by atoms with Crippen LogP contribution < -0.4 is 10.9 Å². The number of nitrogens with one attached hydrogen (secondary N) is 2. The molecule has 30 heavy (non-hydrogen) atoms. The molecule has 5 rings (SSSR count). The lowest BCUT2D eigenvalue weighted by Gasteiger charge is -2.11. The molecule has 5 heteroatoms. The van der Waals surface area contributed by atoms with Gasteiger partial charge in [0.1, 0.15) is 0 Å². The maximum atomic E-state index is 13.0. The van der Waals surface area contributed by atoms with Gasteiger partial charge in [-0.2, -0.15) is 4.98 Å². The lowest BCUT2D eigenvalue weighted by Crippen LogP contribution is -2.13. The van der Waals surface area contributed by atoms with Gasteiger partial charge >= 0.3 is 0 Å². The molecule has 2 aromatic heterocycles. The van der Waals surface area contributed by atoms with Crippen molar-refractivity contribution < 1.29 is 0 Å². The molecule has 0 spiro atoms. The minimum absolute atomic E-state index is 0.219. The van der Waals surface area contributed by atoms with Gasteiger partial charge in [0.2, 0.25) is 5.95 Å². The molecule has 0 atom stereocenters. The summed E-state index contributed by atoms with van der Waals surface area (Å²) in [6.07, 6.45) is 1.69. The van der Waals surface area contributed by atoms with Crippen LogP contribution in [0.1, 0.15) is 11.1 Å². The van der Waals surface area contributed by atoms with Crippen LogP contribution in [0.15, 0.2) is 77.7 Å². The number of aromatic amines is 1. The van der Waals surface area contributed by atoms with E-state index in [9.17, 15) is 4.79 Å². The molecule has 2 heterocycles. The van der Waals surface area contributed by atoms with E-state index in [2.05, 4.69) is 50.6 Å². The van der Waals surface area contributed by atoms with Crippen LogP contribution in [0.25, 0.3) is 32.9 Å². The molecule has 0 bridgehead atoms. The minimum atomic E-state index is -0.219. The van der Waals surface area contributed by atoms with Crippen LogP contribution in [0.3, 0.4) is 0 Å². The average Bonchev–Trinajstić information content (AvgIpc) is 2.75. The zero-order valence-electron chi connectivity index (χ0n) is 16.7. The van der Waals surface area contributed by atoms with Gasteiger partial charge < -0.3 is 5.32 Å². The molecule has 0 saturated carbocycles. The van der Waals surface area contributed by atoms with Crippen molar-refractivity contribution >= 4 is 33.4 Å². The van der Waals surface area contributed by atoms with Crippen LogP contribution in [0.2, 0.25) is 0 Å². The molecule has 0 unspecified atom stereocenters. The van der Waals surface area contributed by atoms with Gasteiger partial charge in [-0.15, -0.1) is 0 Å². The summed E-state index contributed by atoms with van der Waals surface area (Å²) in [7, 11) is 0. The Hall–Kier alpha value is -3.99. The largest absolute Gasteiger partial charge is 0.325 e. The van der Waals surface area contributed by atoms with Crippen LogP contribution in [-0.2, 0) is 0 Å². The maximum Gasteiger partial charge on any atom is 0.262 e. The molecular formula is C25H20N4O. The van der Waals surface area contributed by atoms with Gasteiger partial charge in [0.15, 0.2) is 5.65 Å². The summed E-state index contributed by atoms with van der Waals surface area (Å²) in [4.78, 5) is 24.8. The number of nitrogens with zero attached hydrogens (tertiary/aromatic N) is 2. The molecule has 3 aromatic carbocycles. The second-order valence-corrected chi connectivity index (χ2v) is 7.48. The number of H-pyrrole nitrogens is 1. The predicted octanol–water partition coefficient (Wildman–Crippen LogP) is 5.50. The van der Waals surface area contributed by atoms with Crippen molar-refractivity contribution in [1.29, 1.82) is 0 Å². The van der Waals surface area contributed by atoms with Crippen LogP contribution in [-0.4, -0.2) is 15.0 Å². The SMILES string of the molecule is Cc1ccc(Nc2nc3nccc(-c4ccc5ccccc5c4)c3c(=O)[nH]2)c(C)c1. The van der Waals surface area contributed by atoms with E-state index >= 15 is 0 Å². The Morgan fingerprint density at radius 1 is 0.900 bits per heavy atom. The van der Waals surface area contributed by atoms with E-state index in [-0.39, 0.29) is 5.56 Å². The average molecular weight is 392 g/mol. The fourth-order valence-electron chi connectivity index (χ4n) is 3.80. The van der Waals surface area contributed by atoms with Crippen molar-refractivity contribution in [3.63, 3.8) is 0 Å². The number of aromatic nitrogens is 3. The van der Waals surface area contributed by atoms with Crippen LogP contribution >= 0.6 is 0 Å². The van der Waals surface area contributed by atoms with Crippen molar-refractivity contribution in [2.24, 2.45) is 0 Å². The first kappa shape index (κ1) is 18.1. The Morgan fingerprint density at radius 2 is 1.73 bits per heavy atom. The van der Waals surface area contributed by atoms with E-state index in [1.807, 2.05) is 50.2 Å².